The second kappa shape index (κ2) is 35.1. The molecular formula is C59H102N2O38. The lowest BCUT2D eigenvalue weighted by Gasteiger charge is -2.50. The van der Waals surface area contributed by atoms with Crippen molar-refractivity contribution < 1.29 is 190 Å². The topological polar surface area (TPSA) is 661 Å². The molecule has 0 bridgehead atoms. The van der Waals surface area contributed by atoms with Crippen LogP contribution >= 0.6 is 0 Å². The number of methoxy groups -OCH3 is 1. The minimum Gasteiger partial charge on any atom is -0.396 e. The number of hydrogen-bond donors (Lipinski definition) is 28. The number of rotatable bonds is 21. The maximum atomic E-state index is 11.1. The zero-order chi connectivity index (χ0) is 73.3. The highest BCUT2D eigenvalue weighted by molar-refractivity contribution is 5.22. The highest BCUT2D eigenvalue weighted by atomic mass is 16.8. The van der Waals surface area contributed by atoms with Gasteiger partial charge in [-0.25, -0.2) is 0 Å². The van der Waals surface area contributed by atoms with Crippen molar-refractivity contribution in [2.24, 2.45) is 11.3 Å². The van der Waals surface area contributed by atoms with Gasteiger partial charge in [-0.2, -0.15) is 0 Å². The van der Waals surface area contributed by atoms with Gasteiger partial charge in [0.1, 0.15) is 165 Å². The van der Waals surface area contributed by atoms with Crippen molar-refractivity contribution in [1.29, 1.82) is 0 Å². The molecular weight excluding hydrogens is 1340 g/mol. The highest BCUT2D eigenvalue weighted by Crippen LogP contribution is 2.44. The van der Waals surface area contributed by atoms with Crippen LogP contribution in [0.2, 0.25) is 0 Å². The van der Waals surface area contributed by atoms with Crippen molar-refractivity contribution in [2.45, 2.75) is 285 Å². The average molecular weight is 1450 g/mol. The molecule has 6 heterocycles. The first-order chi connectivity index (χ1) is 46.7. The van der Waals surface area contributed by atoms with E-state index < -0.39 is 295 Å². The van der Waals surface area contributed by atoms with Crippen LogP contribution in [0.5, 0.6) is 0 Å². The van der Waals surface area contributed by atoms with Gasteiger partial charge in [-0.1, -0.05) is 32.1 Å². The predicted octanol–water partition coefficient (Wildman–Crippen LogP) is -15.7. The summed E-state index contributed by atoms with van der Waals surface area (Å²) in [7, 11) is 1.31. The Labute approximate surface area is 566 Å². The summed E-state index contributed by atoms with van der Waals surface area (Å²) in [4.78, 5) is 0. The minimum absolute atomic E-state index is 0.0259. The Bertz CT molecular complexity index is 2530. The van der Waals surface area contributed by atoms with Gasteiger partial charge >= 0.3 is 0 Å². The second-order valence-corrected chi connectivity index (χ2v) is 27.0. The number of nitrogens with one attached hydrogen (secondary N) is 2. The van der Waals surface area contributed by atoms with E-state index in [2.05, 4.69) is 10.6 Å². The fraction of sp³-hybridized carbons (Fsp3) is 0.932. The van der Waals surface area contributed by atoms with Crippen LogP contribution in [0, 0.1) is 11.3 Å². The Kier molecular flexibility index (Phi) is 29.2. The van der Waals surface area contributed by atoms with Crippen molar-refractivity contribution in [2.75, 3.05) is 46.8 Å². The molecule has 0 aromatic heterocycles. The molecule has 6 aliphatic heterocycles. The molecule has 99 heavy (non-hydrogen) atoms. The predicted molar refractivity (Wildman–Crippen MR) is 318 cm³/mol. The van der Waals surface area contributed by atoms with Crippen molar-refractivity contribution >= 4 is 0 Å². The van der Waals surface area contributed by atoms with Crippen LogP contribution in [-0.2, 0) is 56.8 Å². The van der Waals surface area contributed by atoms with E-state index in [4.69, 9.17) is 56.8 Å². The third kappa shape index (κ3) is 17.3. The van der Waals surface area contributed by atoms with Crippen molar-refractivity contribution in [1.82, 2.24) is 10.6 Å². The smallest absolute Gasteiger partial charge is 0.189 e. The van der Waals surface area contributed by atoms with Gasteiger partial charge in [-0.15, -0.1) is 0 Å². The van der Waals surface area contributed by atoms with Gasteiger partial charge in [-0.3, -0.25) is 0 Å². The van der Waals surface area contributed by atoms with Gasteiger partial charge in [0.05, 0.1) is 81.6 Å². The van der Waals surface area contributed by atoms with Gasteiger partial charge in [-0.05, 0) is 37.2 Å². The first-order valence-corrected chi connectivity index (χ1v) is 32.6. The van der Waals surface area contributed by atoms with E-state index >= 15 is 0 Å². The molecule has 40 nitrogen and oxygen atoms in total. The van der Waals surface area contributed by atoms with E-state index in [-0.39, 0.29) is 18.6 Å². The van der Waals surface area contributed by atoms with Crippen molar-refractivity contribution in [3.63, 3.8) is 0 Å². The van der Waals surface area contributed by atoms with Gasteiger partial charge in [0.25, 0.3) is 0 Å². The lowest BCUT2D eigenvalue weighted by atomic mass is 9.65. The standard InChI is InChI=1S/C32H54N2O19.C27H48O19/c1-9-16(22(41)26(45)30(48-3)49-9)33-12-4-5-14(21(40)19(12)38)51-32-28(47)25(44)29(15(8-36)52-32)53-31-27(46)23(42)17(10(2)50-31)34-13-6-11(7-35)18(37)24(43)20(13)39;1-27(2)8(4-28)3-9(14(33)23(27)40)41-21-11(6-30)43-24(19(38)16(21)35)45-22-12(7-31)44-26(20(39)17(22)36)46-25-18(37)15(34)13(32)10(5-29)42-25/h4-6,9-10,12-47H,7-8H2,1-3H3;8-26,28-40H,3-7H2,1-2H3. The van der Waals surface area contributed by atoms with Crippen LogP contribution in [0.15, 0.2) is 23.8 Å². The molecule has 576 valence electrons. The summed E-state index contributed by atoms with van der Waals surface area (Å²) in [6.45, 7) is 2.27. The summed E-state index contributed by atoms with van der Waals surface area (Å²) < 4.78 is 66.7. The fourth-order valence-corrected chi connectivity index (χ4v) is 13.8. The third-order valence-electron chi connectivity index (χ3n) is 20.3. The van der Waals surface area contributed by atoms with Crippen LogP contribution in [0.3, 0.4) is 0 Å². The maximum Gasteiger partial charge on any atom is 0.189 e. The zero-order valence-electron chi connectivity index (χ0n) is 54.5. The van der Waals surface area contributed by atoms with Crippen LogP contribution in [0.4, 0.5) is 0 Å². The van der Waals surface area contributed by atoms with Crippen LogP contribution < -0.4 is 10.6 Å². The Morgan fingerprint density at radius 1 is 0.394 bits per heavy atom. The second-order valence-electron chi connectivity index (χ2n) is 27.0. The molecule has 28 N–H and O–H groups in total. The van der Waals surface area contributed by atoms with E-state index in [0.717, 1.165) is 0 Å². The molecule has 3 aliphatic carbocycles. The quantitative estimate of drug-likeness (QED) is 0.0475. The number of ether oxygens (including phenoxy) is 12. The lowest BCUT2D eigenvalue weighted by Crippen LogP contribution is -2.68. The monoisotopic (exact) mass is 1450 g/mol. The fourth-order valence-electron chi connectivity index (χ4n) is 13.8. The lowest BCUT2D eigenvalue weighted by molar-refractivity contribution is -0.393. The molecule has 0 amide bonds. The molecule has 0 aromatic rings. The summed E-state index contributed by atoms with van der Waals surface area (Å²) >= 11 is 0. The summed E-state index contributed by atoms with van der Waals surface area (Å²) in [6, 6.07) is -4.00. The number of hydrogen-bond acceptors (Lipinski definition) is 40. The highest BCUT2D eigenvalue weighted by Gasteiger charge is 2.58. The van der Waals surface area contributed by atoms with Crippen LogP contribution in [0.25, 0.3) is 0 Å². The van der Waals surface area contributed by atoms with E-state index in [0.29, 0.717) is 0 Å². The Morgan fingerprint density at radius 2 is 0.798 bits per heavy atom. The normalized spacial score (nSPS) is 52.0. The summed E-state index contributed by atoms with van der Waals surface area (Å²) in [5.41, 5.74) is -0.849. The molecule has 42 atom stereocenters. The van der Waals surface area contributed by atoms with Gasteiger partial charge in [0, 0.05) is 13.7 Å². The van der Waals surface area contributed by atoms with Crippen LogP contribution in [0.1, 0.15) is 34.1 Å². The Balaban J connectivity index is 0.000000255. The van der Waals surface area contributed by atoms with Gasteiger partial charge < -0.3 is 200 Å². The zero-order valence-corrected chi connectivity index (χ0v) is 54.5. The summed E-state index contributed by atoms with van der Waals surface area (Å²) in [5, 5.41) is 277. The molecule has 42 unspecified atom stereocenters. The molecule has 0 radical (unpaired) electrons. The molecule has 1 saturated carbocycles. The molecule has 6 saturated heterocycles. The average Bonchev–Trinajstić information content (AvgIpc) is 0.777. The van der Waals surface area contributed by atoms with Gasteiger partial charge in [0.2, 0.25) is 0 Å². The molecule has 0 spiro atoms. The Hall–Kier alpha value is -2.12. The van der Waals surface area contributed by atoms with E-state index in [1.165, 1.54) is 32.3 Å². The third-order valence-corrected chi connectivity index (χ3v) is 20.3. The largest absolute Gasteiger partial charge is 0.396 e. The van der Waals surface area contributed by atoms with Gasteiger partial charge in [0.15, 0.2) is 37.7 Å². The molecule has 7 fully saturated rings. The Morgan fingerprint density at radius 3 is 1.27 bits per heavy atom. The maximum absolute atomic E-state index is 11.1. The first kappa shape index (κ1) is 82.5. The summed E-state index contributed by atoms with van der Waals surface area (Å²) in [6.07, 6.45) is -53.7. The molecule has 9 rings (SSSR count). The molecule has 40 heteroatoms. The molecule has 0 aromatic carbocycles. The van der Waals surface area contributed by atoms with Crippen molar-refractivity contribution in [3.8, 4) is 0 Å². The van der Waals surface area contributed by atoms with E-state index in [1.54, 1.807) is 20.8 Å². The first-order valence-electron chi connectivity index (χ1n) is 32.6. The van der Waals surface area contributed by atoms with Crippen LogP contribution in [-0.4, -0.2) is 431 Å². The summed E-state index contributed by atoms with van der Waals surface area (Å²) in [5.74, 6) is -0.505. The van der Waals surface area contributed by atoms with Crippen molar-refractivity contribution in [3.05, 3.63) is 23.8 Å². The number of aliphatic hydroxyl groups is 26. The molecule has 9 aliphatic rings. The SMILES string of the molecule is CC1(C)C(CO)CC(OC2C(CO)OC(OC3C(CO)OC(OC4OC(CO)C(O)C(O)C4O)C(O)C3O)C(O)C2O)C(O)C1O.COC1OC(C)C(NC2C=CC(OC3OC(CO)C(OC4OC(C)C(NC5C=C(CO)C(O)C(O)C5O)C(O)C4O)C(O)C3O)C(O)C2O)C(O)C1O. The van der Waals surface area contributed by atoms with E-state index in [9.17, 15) is 133 Å². The minimum atomic E-state index is -1.97. The van der Waals surface area contributed by atoms with E-state index in [1.807, 2.05) is 0 Å². The number of aliphatic hydroxyl groups excluding tert-OH is 26.